The molecular weight excluding hydrogens is 258 g/mol. The van der Waals surface area contributed by atoms with Crippen LogP contribution < -0.4 is 4.90 Å². The van der Waals surface area contributed by atoms with Gasteiger partial charge in [0, 0.05) is 29.7 Å². The Balaban J connectivity index is 1.96. The summed E-state index contributed by atoms with van der Waals surface area (Å²) in [5, 5.41) is 0. The van der Waals surface area contributed by atoms with Crippen molar-refractivity contribution in [2.75, 3.05) is 17.3 Å². The van der Waals surface area contributed by atoms with Gasteiger partial charge in [-0.25, -0.2) is 9.97 Å². The summed E-state index contributed by atoms with van der Waals surface area (Å²) < 4.78 is 0. The van der Waals surface area contributed by atoms with E-state index < -0.39 is 0 Å². The summed E-state index contributed by atoms with van der Waals surface area (Å²) in [6.45, 7) is 3.38. The van der Waals surface area contributed by atoms with E-state index in [1.807, 2.05) is 0 Å². The first-order chi connectivity index (χ1) is 9.31. The van der Waals surface area contributed by atoms with Gasteiger partial charge in [0.2, 0.25) is 0 Å². The molecule has 19 heavy (non-hydrogen) atoms. The maximum Gasteiger partial charge on any atom is 0.135 e. The van der Waals surface area contributed by atoms with Crippen LogP contribution >= 0.6 is 11.6 Å². The minimum atomic E-state index is 0.434. The van der Waals surface area contributed by atoms with Crippen molar-refractivity contribution in [3.63, 3.8) is 0 Å². The van der Waals surface area contributed by atoms with E-state index in [0.717, 1.165) is 19.4 Å². The first-order valence-electron chi connectivity index (χ1n) is 7.46. The molecule has 1 aliphatic carbocycles. The third-order valence-electron chi connectivity index (χ3n) is 4.66. The largest absolute Gasteiger partial charge is 0.352 e. The second-order valence-corrected chi connectivity index (χ2v) is 6.17. The summed E-state index contributed by atoms with van der Waals surface area (Å²) >= 11 is 6.18. The lowest BCUT2D eigenvalue weighted by atomic mass is 10.0. The summed E-state index contributed by atoms with van der Waals surface area (Å²) in [5.41, 5.74) is 2.67. The number of alkyl halides is 1. The summed E-state index contributed by atoms with van der Waals surface area (Å²) in [5.74, 6) is 2.52. The molecule has 2 atom stereocenters. The molecule has 1 aromatic rings. The number of aromatic nitrogens is 2. The Bertz CT molecular complexity index is 449. The SMILES string of the molecule is CC1CCN(c2ncnc3c2CCCCC3)C1CCl. The zero-order valence-electron chi connectivity index (χ0n) is 11.6. The minimum absolute atomic E-state index is 0.434. The number of fused-ring (bicyclic) bond motifs is 1. The van der Waals surface area contributed by atoms with Gasteiger partial charge in [-0.15, -0.1) is 11.6 Å². The van der Waals surface area contributed by atoms with E-state index in [4.69, 9.17) is 11.6 Å². The van der Waals surface area contributed by atoms with E-state index in [9.17, 15) is 0 Å². The summed E-state index contributed by atoms with van der Waals surface area (Å²) in [6, 6.07) is 0.434. The van der Waals surface area contributed by atoms with Crippen LogP contribution in [-0.4, -0.2) is 28.4 Å². The molecule has 2 heterocycles. The Morgan fingerprint density at radius 1 is 1.26 bits per heavy atom. The first kappa shape index (κ1) is 13.2. The van der Waals surface area contributed by atoms with Gasteiger partial charge in [0.15, 0.2) is 0 Å². The highest BCUT2D eigenvalue weighted by Crippen LogP contribution is 2.33. The summed E-state index contributed by atoms with van der Waals surface area (Å²) in [7, 11) is 0. The van der Waals surface area contributed by atoms with Crippen molar-refractivity contribution in [2.45, 2.75) is 51.5 Å². The van der Waals surface area contributed by atoms with Crippen LogP contribution in [0.25, 0.3) is 0 Å². The molecule has 0 spiro atoms. The summed E-state index contributed by atoms with van der Waals surface area (Å²) in [4.78, 5) is 11.5. The van der Waals surface area contributed by atoms with Gasteiger partial charge in [-0.05, 0) is 38.0 Å². The van der Waals surface area contributed by atoms with Gasteiger partial charge in [-0.2, -0.15) is 0 Å². The number of hydrogen-bond acceptors (Lipinski definition) is 3. The second kappa shape index (κ2) is 5.66. The highest BCUT2D eigenvalue weighted by atomic mass is 35.5. The van der Waals surface area contributed by atoms with Crippen LogP contribution in [0.2, 0.25) is 0 Å². The number of rotatable bonds is 2. The molecular formula is C15H22ClN3. The average Bonchev–Trinajstić information content (AvgIpc) is 2.64. The first-order valence-corrected chi connectivity index (χ1v) is 8.00. The number of hydrogen-bond donors (Lipinski definition) is 0. The van der Waals surface area contributed by atoms with Crippen LogP contribution in [0.1, 0.15) is 43.9 Å². The molecule has 0 radical (unpaired) electrons. The number of aryl methyl sites for hydroxylation is 1. The molecule has 1 aliphatic heterocycles. The average molecular weight is 280 g/mol. The van der Waals surface area contributed by atoms with Gasteiger partial charge < -0.3 is 4.90 Å². The Morgan fingerprint density at radius 2 is 2.11 bits per heavy atom. The van der Waals surface area contributed by atoms with E-state index in [-0.39, 0.29) is 0 Å². The van der Waals surface area contributed by atoms with Gasteiger partial charge in [0.1, 0.15) is 12.1 Å². The molecule has 0 saturated carbocycles. The molecule has 4 heteroatoms. The third-order valence-corrected chi connectivity index (χ3v) is 4.98. The van der Waals surface area contributed by atoms with Gasteiger partial charge in [-0.3, -0.25) is 0 Å². The predicted octanol–water partition coefficient (Wildman–Crippen LogP) is 3.20. The maximum atomic E-state index is 6.18. The fourth-order valence-electron chi connectivity index (χ4n) is 3.43. The fourth-order valence-corrected chi connectivity index (χ4v) is 3.91. The highest BCUT2D eigenvalue weighted by molar-refractivity contribution is 6.18. The van der Waals surface area contributed by atoms with Crippen LogP contribution in [0.15, 0.2) is 6.33 Å². The monoisotopic (exact) mass is 279 g/mol. The van der Waals surface area contributed by atoms with Crippen LogP contribution in [0, 0.1) is 5.92 Å². The third kappa shape index (κ3) is 2.45. The van der Waals surface area contributed by atoms with E-state index in [1.165, 1.54) is 42.8 Å². The number of nitrogens with zero attached hydrogens (tertiary/aromatic N) is 3. The molecule has 1 aromatic heterocycles. The molecule has 0 amide bonds. The quantitative estimate of drug-likeness (QED) is 0.615. The standard InChI is InChI=1S/C15H22ClN3/c1-11-7-8-19(14(11)9-16)15-12-5-3-2-4-6-13(12)17-10-18-15/h10-11,14H,2-9H2,1H3. The molecule has 3 nitrogen and oxygen atoms in total. The van der Waals surface area contributed by atoms with Crippen LogP contribution in [0.3, 0.4) is 0 Å². The molecule has 0 N–H and O–H groups in total. The van der Waals surface area contributed by atoms with Crippen molar-refractivity contribution in [1.82, 2.24) is 9.97 Å². The topological polar surface area (TPSA) is 29.0 Å². The summed E-state index contributed by atoms with van der Waals surface area (Å²) in [6.07, 6.45) is 9.04. The van der Waals surface area contributed by atoms with Gasteiger partial charge in [-0.1, -0.05) is 13.3 Å². The van der Waals surface area contributed by atoms with E-state index in [2.05, 4.69) is 21.8 Å². The minimum Gasteiger partial charge on any atom is -0.352 e. The zero-order valence-corrected chi connectivity index (χ0v) is 12.4. The maximum absolute atomic E-state index is 6.18. The second-order valence-electron chi connectivity index (χ2n) is 5.86. The highest BCUT2D eigenvalue weighted by Gasteiger charge is 2.33. The lowest BCUT2D eigenvalue weighted by Gasteiger charge is -2.28. The zero-order chi connectivity index (χ0) is 13.2. The van der Waals surface area contributed by atoms with Gasteiger partial charge >= 0.3 is 0 Å². The van der Waals surface area contributed by atoms with Crippen molar-refractivity contribution in [1.29, 1.82) is 0 Å². The van der Waals surface area contributed by atoms with Crippen molar-refractivity contribution in [3.8, 4) is 0 Å². The van der Waals surface area contributed by atoms with Crippen LogP contribution in [0.4, 0.5) is 5.82 Å². The lowest BCUT2D eigenvalue weighted by Crippen LogP contribution is -2.35. The Labute approximate surface area is 120 Å². The van der Waals surface area contributed by atoms with Crippen molar-refractivity contribution >= 4 is 17.4 Å². The van der Waals surface area contributed by atoms with E-state index in [0.29, 0.717) is 17.8 Å². The van der Waals surface area contributed by atoms with Crippen molar-refractivity contribution in [2.24, 2.45) is 5.92 Å². The smallest absolute Gasteiger partial charge is 0.135 e. The van der Waals surface area contributed by atoms with Crippen LogP contribution in [0.5, 0.6) is 0 Å². The molecule has 3 rings (SSSR count). The number of anilines is 1. The van der Waals surface area contributed by atoms with Gasteiger partial charge in [0.25, 0.3) is 0 Å². The Hall–Kier alpha value is -0.830. The lowest BCUT2D eigenvalue weighted by molar-refractivity contribution is 0.547. The van der Waals surface area contributed by atoms with E-state index >= 15 is 0 Å². The molecule has 1 saturated heterocycles. The predicted molar refractivity (Wildman–Crippen MR) is 78.9 cm³/mol. The normalized spacial score (nSPS) is 27.2. The van der Waals surface area contributed by atoms with Crippen molar-refractivity contribution in [3.05, 3.63) is 17.6 Å². The number of halogens is 1. The molecule has 104 valence electrons. The molecule has 2 unspecified atom stereocenters. The fraction of sp³-hybridized carbons (Fsp3) is 0.733. The van der Waals surface area contributed by atoms with E-state index in [1.54, 1.807) is 6.33 Å². The Morgan fingerprint density at radius 3 is 2.95 bits per heavy atom. The Kier molecular flexibility index (Phi) is 3.92. The molecule has 1 fully saturated rings. The molecule has 2 aliphatic rings. The van der Waals surface area contributed by atoms with Crippen LogP contribution in [-0.2, 0) is 12.8 Å². The van der Waals surface area contributed by atoms with Gasteiger partial charge in [0.05, 0.1) is 0 Å². The van der Waals surface area contributed by atoms with Crippen molar-refractivity contribution < 1.29 is 0 Å². The molecule has 0 aromatic carbocycles. The molecule has 0 bridgehead atoms.